The summed E-state index contributed by atoms with van der Waals surface area (Å²) in [6.45, 7) is -0.360. The molecule has 1 aliphatic rings. The number of hydrogen-bond acceptors (Lipinski definition) is 6. The molecular formula is C7H15NO5. The van der Waals surface area contributed by atoms with Gasteiger partial charge in [0.2, 0.25) is 0 Å². The summed E-state index contributed by atoms with van der Waals surface area (Å²) in [4.78, 5) is 0. The molecule has 13 heavy (non-hydrogen) atoms. The van der Waals surface area contributed by atoms with E-state index in [1.807, 2.05) is 0 Å². The van der Waals surface area contributed by atoms with Crippen molar-refractivity contribution in [3.05, 3.63) is 0 Å². The highest BCUT2D eigenvalue weighted by Gasteiger charge is 2.42. The number of methoxy groups -OCH3 is 1. The van der Waals surface area contributed by atoms with Gasteiger partial charge < -0.3 is 30.5 Å². The van der Waals surface area contributed by atoms with Crippen LogP contribution in [0.15, 0.2) is 0 Å². The minimum absolute atomic E-state index is 0.360. The molecule has 0 radical (unpaired) electrons. The number of rotatable bonds is 2. The van der Waals surface area contributed by atoms with Crippen molar-refractivity contribution in [3.8, 4) is 0 Å². The van der Waals surface area contributed by atoms with E-state index in [4.69, 9.17) is 20.3 Å². The number of aliphatic hydroxyl groups excluding tert-OH is 3. The van der Waals surface area contributed by atoms with Crippen molar-refractivity contribution in [2.45, 2.75) is 30.6 Å². The zero-order valence-electron chi connectivity index (χ0n) is 7.33. The van der Waals surface area contributed by atoms with E-state index in [1.165, 1.54) is 7.11 Å². The Bertz CT molecular complexity index is 147. The molecule has 0 unspecified atom stereocenters. The van der Waals surface area contributed by atoms with Crippen LogP contribution in [-0.4, -0.2) is 59.7 Å². The van der Waals surface area contributed by atoms with Crippen LogP contribution in [0, 0.1) is 0 Å². The highest BCUT2D eigenvalue weighted by Crippen LogP contribution is 2.19. The Morgan fingerprint density at radius 2 is 2.00 bits per heavy atom. The molecule has 0 aromatic rings. The molecule has 0 saturated carbocycles. The summed E-state index contributed by atoms with van der Waals surface area (Å²) in [6.07, 6.45) is -3.85. The van der Waals surface area contributed by atoms with Crippen LogP contribution < -0.4 is 5.73 Å². The molecule has 1 fully saturated rings. The Hall–Kier alpha value is -0.240. The maximum Gasteiger partial charge on any atom is 0.185 e. The molecule has 0 spiro atoms. The van der Waals surface area contributed by atoms with Crippen LogP contribution >= 0.6 is 0 Å². The molecule has 1 saturated heterocycles. The van der Waals surface area contributed by atoms with E-state index >= 15 is 0 Å². The Morgan fingerprint density at radius 3 is 2.46 bits per heavy atom. The van der Waals surface area contributed by atoms with Gasteiger partial charge in [0.05, 0.1) is 12.6 Å². The van der Waals surface area contributed by atoms with Gasteiger partial charge in [0, 0.05) is 7.11 Å². The average molecular weight is 193 g/mol. The minimum atomic E-state index is -1.08. The summed E-state index contributed by atoms with van der Waals surface area (Å²) in [7, 11) is 1.35. The lowest BCUT2D eigenvalue weighted by Gasteiger charge is -2.39. The smallest absolute Gasteiger partial charge is 0.185 e. The maximum absolute atomic E-state index is 9.40. The van der Waals surface area contributed by atoms with Crippen molar-refractivity contribution in [2.24, 2.45) is 5.73 Å². The first-order chi connectivity index (χ1) is 6.11. The van der Waals surface area contributed by atoms with Gasteiger partial charge in [0.15, 0.2) is 6.29 Å². The molecule has 0 aliphatic carbocycles. The Labute approximate surface area is 75.9 Å². The molecule has 1 aliphatic heterocycles. The average Bonchev–Trinajstić information content (AvgIpc) is 2.15. The van der Waals surface area contributed by atoms with Crippen LogP contribution in [0.2, 0.25) is 0 Å². The molecule has 0 aromatic carbocycles. The van der Waals surface area contributed by atoms with Crippen molar-refractivity contribution in [1.29, 1.82) is 0 Å². The van der Waals surface area contributed by atoms with Crippen molar-refractivity contribution in [1.82, 2.24) is 0 Å². The second kappa shape index (κ2) is 4.32. The third-order valence-electron chi connectivity index (χ3n) is 2.17. The molecule has 5 atom stereocenters. The number of ether oxygens (including phenoxy) is 2. The largest absolute Gasteiger partial charge is 0.394 e. The first kappa shape index (κ1) is 10.8. The molecule has 0 bridgehead atoms. The highest BCUT2D eigenvalue weighted by atomic mass is 16.7. The van der Waals surface area contributed by atoms with Gasteiger partial charge in [-0.3, -0.25) is 0 Å². The van der Waals surface area contributed by atoms with E-state index in [9.17, 15) is 10.2 Å². The van der Waals surface area contributed by atoms with Crippen molar-refractivity contribution < 1.29 is 24.8 Å². The second-order valence-corrected chi connectivity index (χ2v) is 3.02. The molecule has 6 nitrogen and oxygen atoms in total. The monoisotopic (exact) mass is 193 g/mol. The predicted molar refractivity (Wildman–Crippen MR) is 42.7 cm³/mol. The van der Waals surface area contributed by atoms with Crippen LogP contribution in [0.1, 0.15) is 0 Å². The zero-order valence-corrected chi connectivity index (χ0v) is 7.33. The Morgan fingerprint density at radius 1 is 1.38 bits per heavy atom. The Balaban J connectivity index is 2.66. The van der Waals surface area contributed by atoms with Gasteiger partial charge >= 0.3 is 0 Å². The number of hydrogen-bond donors (Lipinski definition) is 4. The summed E-state index contributed by atoms with van der Waals surface area (Å²) in [5.74, 6) is 0. The van der Waals surface area contributed by atoms with E-state index < -0.39 is 30.6 Å². The number of aliphatic hydroxyl groups is 3. The molecular weight excluding hydrogens is 178 g/mol. The fourth-order valence-corrected chi connectivity index (χ4v) is 1.31. The minimum Gasteiger partial charge on any atom is -0.394 e. The van der Waals surface area contributed by atoms with Gasteiger partial charge in [-0.1, -0.05) is 0 Å². The van der Waals surface area contributed by atoms with E-state index in [-0.39, 0.29) is 6.61 Å². The molecule has 0 aromatic heterocycles. The highest BCUT2D eigenvalue weighted by molar-refractivity contribution is 4.91. The van der Waals surface area contributed by atoms with Crippen LogP contribution in [0.3, 0.4) is 0 Å². The normalized spacial score (nSPS) is 46.4. The molecule has 78 valence electrons. The van der Waals surface area contributed by atoms with Gasteiger partial charge in [-0.15, -0.1) is 0 Å². The van der Waals surface area contributed by atoms with E-state index in [2.05, 4.69) is 0 Å². The molecule has 0 amide bonds. The zero-order chi connectivity index (χ0) is 10.0. The Kier molecular flexibility index (Phi) is 3.60. The van der Waals surface area contributed by atoms with E-state index in [1.54, 1.807) is 0 Å². The van der Waals surface area contributed by atoms with E-state index in [0.717, 1.165) is 0 Å². The fraction of sp³-hybridized carbons (Fsp3) is 1.00. The lowest BCUT2D eigenvalue weighted by atomic mass is 9.97. The van der Waals surface area contributed by atoms with Crippen LogP contribution in [-0.2, 0) is 9.47 Å². The topological polar surface area (TPSA) is 105 Å². The lowest BCUT2D eigenvalue weighted by Crippen LogP contribution is -2.62. The SMILES string of the molecule is CO[C@@H]1O[C@@H](CO)[C@@H](O)[C@H](N)[C@H]1O. The quantitative estimate of drug-likeness (QED) is 0.383. The summed E-state index contributed by atoms with van der Waals surface area (Å²) in [5, 5.41) is 27.6. The second-order valence-electron chi connectivity index (χ2n) is 3.02. The summed E-state index contributed by atoms with van der Waals surface area (Å²) in [5.41, 5.74) is 5.48. The van der Waals surface area contributed by atoms with Crippen LogP contribution in [0.5, 0.6) is 0 Å². The number of nitrogens with two attached hydrogens (primary N) is 1. The van der Waals surface area contributed by atoms with Gasteiger partial charge in [-0.2, -0.15) is 0 Å². The van der Waals surface area contributed by atoms with Crippen molar-refractivity contribution in [3.63, 3.8) is 0 Å². The molecule has 1 rings (SSSR count). The van der Waals surface area contributed by atoms with Gasteiger partial charge in [0.25, 0.3) is 0 Å². The molecule has 1 heterocycles. The van der Waals surface area contributed by atoms with Gasteiger partial charge in [-0.05, 0) is 0 Å². The summed E-state index contributed by atoms with van der Waals surface area (Å²) >= 11 is 0. The fourth-order valence-electron chi connectivity index (χ4n) is 1.31. The standard InChI is InChI=1S/C7H15NO5/c1-12-7-6(11)4(8)5(10)3(2-9)13-7/h3-7,9-11H,2,8H2,1H3/t3-,4-,5+,6+,7+/m0/s1. The summed E-state index contributed by atoms with van der Waals surface area (Å²) in [6, 6.07) is -0.865. The first-order valence-electron chi connectivity index (χ1n) is 4.02. The van der Waals surface area contributed by atoms with Gasteiger partial charge in [0.1, 0.15) is 18.3 Å². The lowest BCUT2D eigenvalue weighted by molar-refractivity contribution is -0.267. The maximum atomic E-state index is 9.40. The van der Waals surface area contributed by atoms with Crippen LogP contribution in [0.25, 0.3) is 0 Å². The van der Waals surface area contributed by atoms with Gasteiger partial charge in [-0.25, -0.2) is 0 Å². The van der Waals surface area contributed by atoms with Crippen molar-refractivity contribution >= 4 is 0 Å². The third kappa shape index (κ3) is 1.98. The first-order valence-corrected chi connectivity index (χ1v) is 4.02. The third-order valence-corrected chi connectivity index (χ3v) is 2.17. The predicted octanol–water partition coefficient (Wildman–Crippen LogP) is -2.60. The summed E-state index contributed by atoms with van der Waals surface area (Å²) < 4.78 is 9.81. The molecule has 6 heteroatoms. The van der Waals surface area contributed by atoms with Crippen molar-refractivity contribution in [2.75, 3.05) is 13.7 Å². The molecule has 5 N–H and O–H groups in total. The van der Waals surface area contributed by atoms with E-state index in [0.29, 0.717) is 0 Å². The van der Waals surface area contributed by atoms with Crippen LogP contribution in [0.4, 0.5) is 0 Å².